The van der Waals surface area contributed by atoms with Crippen LogP contribution in [0.3, 0.4) is 0 Å². The Bertz CT molecular complexity index is 1970. The standard InChI is InChI=1S/C29H24BrN3O8S/c1-5-40-28(36)24-15(3)31-29-32(27(35)23(42-29)12-16-10-19(30)26(34)22(11-16)39-4)25(24)21-9-8-20(41-21)18-13-17(33(37)38)7-6-14(18)2/h6-13,25,34H,5H2,1-4H3/b23-12-/t25-/m0/s1. The quantitative estimate of drug-likeness (QED) is 0.171. The van der Waals surface area contributed by atoms with Gasteiger partial charge in [-0.25, -0.2) is 9.79 Å². The Labute approximate surface area is 250 Å². The van der Waals surface area contributed by atoms with Gasteiger partial charge in [-0.3, -0.25) is 19.5 Å². The number of aromatic nitrogens is 1. The fourth-order valence-corrected chi connectivity index (χ4v) is 6.18. The maximum Gasteiger partial charge on any atom is 0.338 e. The molecule has 1 aliphatic rings. The number of thiazole rings is 1. The molecule has 0 radical (unpaired) electrons. The lowest BCUT2D eigenvalue weighted by Gasteiger charge is -2.22. The monoisotopic (exact) mass is 653 g/mol. The molecule has 1 aliphatic heterocycles. The Morgan fingerprint density at radius 3 is 2.71 bits per heavy atom. The van der Waals surface area contributed by atoms with Gasteiger partial charge in [-0.1, -0.05) is 17.4 Å². The lowest BCUT2D eigenvalue weighted by Crippen LogP contribution is -2.39. The minimum absolute atomic E-state index is 0.0709. The molecule has 0 saturated heterocycles. The molecule has 13 heteroatoms. The molecule has 0 spiro atoms. The van der Waals surface area contributed by atoms with Gasteiger partial charge in [-0.2, -0.15) is 0 Å². The van der Waals surface area contributed by atoms with Crippen molar-refractivity contribution in [1.29, 1.82) is 0 Å². The van der Waals surface area contributed by atoms with Gasteiger partial charge in [-0.15, -0.1) is 0 Å². The average molecular weight is 654 g/mol. The summed E-state index contributed by atoms with van der Waals surface area (Å²) in [6.07, 6.45) is 1.64. The van der Waals surface area contributed by atoms with Crippen LogP contribution in [-0.2, 0) is 9.53 Å². The van der Waals surface area contributed by atoms with E-state index in [1.807, 2.05) is 0 Å². The molecule has 11 nitrogen and oxygen atoms in total. The first-order valence-corrected chi connectivity index (χ1v) is 14.3. The fourth-order valence-electron chi connectivity index (χ4n) is 4.68. The van der Waals surface area contributed by atoms with Crippen LogP contribution in [-0.4, -0.2) is 34.3 Å². The molecule has 5 rings (SSSR count). The van der Waals surface area contributed by atoms with E-state index in [-0.39, 0.29) is 35.1 Å². The van der Waals surface area contributed by atoms with E-state index < -0.39 is 22.5 Å². The number of nitro benzene ring substituents is 1. The number of aryl methyl sites for hydroxylation is 1. The summed E-state index contributed by atoms with van der Waals surface area (Å²) >= 11 is 4.42. The Kier molecular flexibility index (Phi) is 7.89. The zero-order valence-electron chi connectivity index (χ0n) is 22.8. The number of esters is 1. The number of phenolic OH excluding ortho intramolecular Hbond substituents is 1. The van der Waals surface area contributed by atoms with E-state index in [4.69, 9.17) is 13.9 Å². The van der Waals surface area contributed by atoms with Gasteiger partial charge in [0.1, 0.15) is 17.6 Å². The number of allylic oxidation sites excluding steroid dienone is 1. The molecule has 1 atom stereocenters. The van der Waals surface area contributed by atoms with Crippen LogP contribution in [0.4, 0.5) is 5.69 Å². The lowest BCUT2D eigenvalue weighted by molar-refractivity contribution is -0.384. The average Bonchev–Trinajstić information content (AvgIpc) is 3.55. The van der Waals surface area contributed by atoms with Crippen molar-refractivity contribution in [2.24, 2.45) is 4.99 Å². The van der Waals surface area contributed by atoms with Crippen molar-refractivity contribution in [3.8, 4) is 22.8 Å². The highest BCUT2D eigenvalue weighted by Gasteiger charge is 2.35. The molecule has 2 aromatic carbocycles. The van der Waals surface area contributed by atoms with Crippen molar-refractivity contribution in [3.63, 3.8) is 0 Å². The SMILES string of the molecule is CCOC(=O)C1=C(C)N=c2s/c(=C\c3cc(Br)c(O)c(OC)c3)c(=O)n2[C@H]1c1ccc(-c2cc([N+](=O)[O-])ccc2C)o1. The molecule has 1 N–H and O–H groups in total. The number of methoxy groups -OCH3 is 1. The van der Waals surface area contributed by atoms with Crippen LogP contribution in [0.1, 0.15) is 36.8 Å². The molecule has 0 aliphatic carbocycles. The molecule has 4 aromatic rings. The third kappa shape index (κ3) is 5.16. The van der Waals surface area contributed by atoms with Crippen LogP contribution in [0, 0.1) is 17.0 Å². The van der Waals surface area contributed by atoms with Crippen molar-refractivity contribution >= 4 is 45.0 Å². The molecular weight excluding hydrogens is 630 g/mol. The Morgan fingerprint density at radius 2 is 2.02 bits per heavy atom. The Hall–Kier alpha value is -4.49. The zero-order valence-corrected chi connectivity index (χ0v) is 25.2. The number of ether oxygens (including phenoxy) is 2. The first-order valence-electron chi connectivity index (χ1n) is 12.6. The summed E-state index contributed by atoms with van der Waals surface area (Å²) in [5, 5.41) is 21.6. The summed E-state index contributed by atoms with van der Waals surface area (Å²) in [5.74, 6) is 0.108. The summed E-state index contributed by atoms with van der Waals surface area (Å²) in [7, 11) is 1.42. The van der Waals surface area contributed by atoms with Crippen LogP contribution in [0.2, 0.25) is 0 Å². The molecule has 216 valence electrons. The van der Waals surface area contributed by atoms with Crippen molar-refractivity contribution < 1.29 is 28.7 Å². The van der Waals surface area contributed by atoms with Gasteiger partial charge in [0.15, 0.2) is 16.3 Å². The Morgan fingerprint density at radius 1 is 1.26 bits per heavy atom. The van der Waals surface area contributed by atoms with Crippen molar-refractivity contribution in [2.75, 3.05) is 13.7 Å². The van der Waals surface area contributed by atoms with Gasteiger partial charge in [-0.05, 0) is 78.2 Å². The minimum Gasteiger partial charge on any atom is -0.503 e. The largest absolute Gasteiger partial charge is 0.503 e. The maximum absolute atomic E-state index is 13.9. The van der Waals surface area contributed by atoms with Crippen molar-refractivity contribution in [2.45, 2.75) is 26.8 Å². The number of furan rings is 1. The van der Waals surface area contributed by atoms with E-state index >= 15 is 0 Å². The number of halogens is 1. The number of carbonyl (C=O) groups excluding carboxylic acids is 1. The minimum atomic E-state index is -1.00. The molecule has 0 saturated carbocycles. The number of nitro groups is 1. The summed E-state index contributed by atoms with van der Waals surface area (Å²) in [5.41, 5.74) is 1.83. The molecule has 42 heavy (non-hydrogen) atoms. The van der Waals surface area contributed by atoms with Crippen LogP contribution >= 0.6 is 27.3 Å². The predicted octanol–water partition coefficient (Wildman–Crippen LogP) is 4.75. The fraction of sp³-hybridized carbons (Fsp3) is 0.207. The molecule has 0 unspecified atom stereocenters. The van der Waals surface area contributed by atoms with E-state index in [9.17, 15) is 24.8 Å². The van der Waals surface area contributed by atoms with Gasteiger partial charge < -0.3 is 19.0 Å². The van der Waals surface area contributed by atoms with Crippen LogP contribution in [0.5, 0.6) is 11.5 Å². The number of aromatic hydroxyl groups is 1. The molecule has 0 fully saturated rings. The van der Waals surface area contributed by atoms with Crippen LogP contribution < -0.4 is 19.6 Å². The number of nitrogens with zero attached hydrogens (tertiary/aromatic N) is 3. The maximum atomic E-state index is 13.9. The second kappa shape index (κ2) is 11.4. The predicted molar refractivity (Wildman–Crippen MR) is 158 cm³/mol. The van der Waals surface area contributed by atoms with Crippen molar-refractivity contribution in [1.82, 2.24) is 4.57 Å². The molecule has 0 bridgehead atoms. The van der Waals surface area contributed by atoms with Gasteiger partial charge in [0.25, 0.3) is 11.2 Å². The summed E-state index contributed by atoms with van der Waals surface area (Å²) in [4.78, 5) is 42.9. The smallest absolute Gasteiger partial charge is 0.338 e. The lowest BCUT2D eigenvalue weighted by atomic mass is 10.0. The normalized spacial score (nSPS) is 14.9. The van der Waals surface area contributed by atoms with Gasteiger partial charge in [0.05, 0.1) is 38.9 Å². The van der Waals surface area contributed by atoms with E-state index in [0.29, 0.717) is 36.4 Å². The van der Waals surface area contributed by atoms with E-state index in [2.05, 4.69) is 20.9 Å². The second-order valence-electron chi connectivity index (χ2n) is 9.31. The van der Waals surface area contributed by atoms with E-state index in [1.165, 1.54) is 23.8 Å². The third-order valence-corrected chi connectivity index (χ3v) is 8.27. The Balaban J connectivity index is 1.70. The van der Waals surface area contributed by atoms with E-state index in [1.54, 1.807) is 57.2 Å². The van der Waals surface area contributed by atoms with E-state index in [0.717, 1.165) is 16.9 Å². The first-order chi connectivity index (χ1) is 20.0. The zero-order chi connectivity index (χ0) is 30.3. The highest BCUT2D eigenvalue weighted by Crippen LogP contribution is 2.37. The third-order valence-electron chi connectivity index (χ3n) is 6.68. The summed E-state index contributed by atoms with van der Waals surface area (Å²) in [6, 6.07) is 9.97. The highest BCUT2D eigenvalue weighted by molar-refractivity contribution is 9.10. The van der Waals surface area contributed by atoms with Gasteiger partial charge in [0, 0.05) is 17.7 Å². The van der Waals surface area contributed by atoms with Crippen LogP contribution in [0.15, 0.2) is 72.4 Å². The molecule has 3 heterocycles. The molecule has 2 aromatic heterocycles. The number of phenols is 1. The number of non-ortho nitro benzene ring substituents is 1. The van der Waals surface area contributed by atoms with Crippen molar-refractivity contribution in [3.05, 3.63) is 105 Å². The second-order valence-corrected chi connectivity index (χ2v) is 11.2. The number of rotatable bonds is 7. The topological polar surface area (TPSA) is 146 Å². The highest BCUT2D eigenvalue weighted by atomic mass is 79.9. The number of hydrogen-bond acceptors (Lipinski definition) is 10. The molecule has 0 amide bonds. The number of carbonyl (C=O) groups is 1. The number of fused-ring (bicyclic) bond motifs is 1. The van der Waals surface area contributed by atoms with Gasteiger partial charge >= 0.3 is 5.97 Å². The van der Waals surface area contributed by atoms with Gasteiger partial charge in [0.2, 0.25) is 0 Å². The molecular formula is C29H24BrN3O8S. The number of benzene rings is 2. The number of hydrogen-bond donors (Lipinski definition) is 1. The summed E-state index contributed by atoms with van der Waals surface area (Å²) < 4.78 is 18.9. The first kappa shape index (κ1) is 29.0. The van der Waals surface area contributed by atoms with Crippen LogP contribution in [0.25, 0.3) is 17.4 Å². The summed E-state index contributed by atoms with van der Waals surface area (Å²) in [6.45, 7) is 5.25.